The molecule has 7 heteroatoms. The first-order valence-corrected chi connectivity index (χ1v) is 6.84. The van der Waals surface area contributed by atoms with Gasteiger partial charge in [0, 0.05) is 25.1 Å². The number of aryl methyl sites for hydroxylation is 1. The lowest BCUT2D eigenvalue weighted by Crippen LogP contribution is -2.29. The minimum Gasteiger partial charge on any atom is -0.481 e. The second kappa shape index (κ2) is 6.34. The molecule has 0 spiro atoms. The maximum Gasteiger partial charge on any atom is 0.303 e. The number of carboxylic acids is 1. The Hall–Kier alpha value is -2.44. The van der Waals surface area contributed by atoms with E-state index in [9.17, 15) is 9.59 Å². The van der Waals surface area contributed by atoms with Crippen LogP contribution in [-0.2, 0) is 11.3 Å². The van der Waals surface area contributed by atoms with Gasteiger partial charge in [-0.25, -0.2) is 4.68 Å². The van der Waals surface area contributed by atoms with E-state index in [-0.39, 0.29) is 18.2 Å². The van der Waals surface area contributed by atoms with Crippen LogP contribution < -0.4 is 5.32 Å². The quantitative estimate of drug-likeness (QED) is 0.835. The van der Waals surface area contributed by atoms with E-state index in [1.807, 2.05) is 13.0 Å². The Balaban J connectivity index is 2.04. The number of fused-ring (bicyclic) bond motifs is 1. The van der Waals surface area contributed by atoms with Crippen LogP contribution in [-0.4, -0.2) is 38.5 Å². The van der Waals surface area contributed by atoms with Crippen molar-refractivity contribution in [3.63, 3.8) is 0 Å². The Morgan fingerprint density at radius 2 is 2.19 bits per heavy atom. The molecule has 2 rings (SSSR count). The number of aromatic nitrogens is 3. The normalized spacial score (nSPS) is 12.3. The highest BCUT2D eigenvalue weighted by atomic mass is 16.4. The van der Waals surface area contributed by atoms with Crippen molar-refractivity contribution >= 4 is 22.9 Å². The molecular formula is C14H18N4O3. The summed E-state index contributed by atoms with van der Waals surface area (Å²) in [6.07, 6.45) is 0.0319. The first kappa shape index (κ1) is 15.0. The van der Waals surface area contributed by atoms with Gasteiger partial charge in [-0.2, -0.15) is 0 Å². The standard InChI is InChI=1S/C14H18N4O3/c1-3-18-12-5-4-10(7-11(12)16-17-18)14(21)15-8-9(2)6-13(19)20/h4-5,7,9H,3,6,8H2,1-2H3,(H,15,21)(H,19,20). The summed E-state index contributed by atoms with van der Waals surface area (Å²) in [5, 5.41) is 19.4. The molecule has 1 aromatic carbocycles. The molecule has 21 heavy (non-hydrogen) atoms. The molecule has 0 saturated heterocycles. The van der Waals surface area contributed by atoms with Crippen LogP contribution in [0.25, 0.3) is 11.0 Å². The van der Waals surface area contributed by atoms with Gasteiger partial charge in [-0.1, -0.05) is 12.1 Å². The number of hydrogen-bond acceptors (Lipinski definition) is 4. The first-order valence-electron chi connectivity index (χ1n) is 6.84. The fraction of sp³-hybridized carbons (Fsp3) is 0.429. The molecule has 1 heterocycles. The topological polar surface area (TPSA) is 97.1 Å². The molecule has 0 aliphatic rings. The molecule has 1 unspecified atom stereocenters. The van der Waals surface area contributed by atoms with Crippen LogP contribution in [0, 0.1) is 5.92 Å². The monoisotopic (exact) mass is 290 g/mol. The van der Waals surface area contributed by atoms with E-state index in [1.54, 1.807) is 23.7 Å². The summed E-state index contributed by atoms with van der Waals surface area (Å²) in [5.74, 6) is -1.22. The maximum atomic E-state index is 12.0. The molecule has 0 radical (unpaired) electrons. The van der Waals surface area contributed by atoms with E-state index in [0.29, 0.717) is 17.6 Å². The van der Waals surface area contributed by atoms with Gasteiger partial charge in [-0.15, -0.1) is 5.10 Å². The van der Waals surface area contributed by atoms with Crippen molar-refractivity contribution in [1.29, 1.82) is 0 Å². The predicted octanol–water partition coefficient (Wildman–Crippen LogP) is 1.29. The number of amides is 1. The zero-order valence-corrected chi connectivity index (χ0v) is 12.0. The largest absolute Gasteiger partial charge is 0.481 e. The molecule has 2 aromatic rings. The third-order valence-electron chi connectivity index (χ3n) is 3.21. The molecule has 7 nitrogen and oxygen atoms in total. The fourth-order valence-corrected chi connectivity index (χ4v) is 2.09. The molecule has 2 N–H and O–H groups in total. The van der Waals surface area contributed by atoms with Gasteiger partial charge in [0.05, 0.1) is 5.52 Å². The number of nitrogens with zero attached hydrogens (tertiary/aromatic N) is 3. The third kappa shape index (κ3) is 3.56. The van der Waals surface area contributed by atoms with Crippen LogP contribution in [0.4, 0.5) is 0 Å². The van der Waals surface area contributed by atoms with Crippen LogP contribution in [0.1, 0.15) is 30.6 Å². The summed E-state index contributed by atoms with van der Waals surface area (Å²) in [4.78, 5) is 22.6. The van der Waals surface area contributed by atoms with Crippen molar-refractivity contribution in [1.82, 2.24) is 20.3 Å². The highest BCUT2D eigenvalue weighted by Crippen LogP contribution is 2.13. The molecule has 1 aromatic heterocycles. The molecule has 0 aliphatic heterocycles. The number of carbonyl (C=O) groups is 2. The molecule has 112 valence electrons. The van der Waals surface area contributed by atoms with Crippen LogP contribution >= 0.6 is 0 Å². The van der Waals surface area contributed by atoms with Crippen molar-refractivity contribution in [3.8, 4) is 0 Å². The number of hydrogen-bond donors (Lipinski definition) is 2. The minimum absolute atomic E-state index is 0.0319. The number of benzene rings is 1. The van der Waals surface area contributed by atoms with Crippen LogP contribution in [0.5, 0.6) is 0 Å². The second-order valence-corrected chi connectivity index (χ2v) is 5.02. The zero-order valence-electron chi connectivity index (χ0n) is 12.0. The number of carboxylic acid groups (broad SMARTS) is 1. The zero-order chi connectivity index (χ0) is 15.4. The Bertz CT molecular complexity index is 665. The van der Waals surface area contributed by atoms with E-state index < -0.39 is 5.97 Å². The van der Waals surface area contributed by atoms with Gasteiger partial charge in [0.15, 0.2) is 0 Å². The van der Waals surface area contributed by atoms with Crippen molar-refractivity contribution in [2.75, 3.05) is 6.54 Å². The van der Waals surface area contributed by atoms with E-state index in [1.165, 1.54) is 0 Å². The smallest absolute Gasteiger partial charge is 0.303 e. The summed E-state index contributed by atoms with van der Waals surface area (Å²) >= 11 is 0. The van der Waals surface area contributed by atoms with Gasteiger partial charge in [0.2, 0.25) is 0 Å². The van der Waals surface area contributed by atoms with Crippen molar-refractivity contribution < 1.29 is 14.7 Å². The lowest BCUT2D eigenvalue weighted by molar-refractivity contribution is -0.137. The lowest BCUT2D eigenvalue weighted by Gasteiger charge is -2.10. The SMILES string of the molecule is CCn1nnc2cc(C(=O)NCC(C)CC(=O)O)ccc21. The van der Waals surface area contributed by atoms with Crippen molar-refractivity contribution in [3.05, 3.63) is 23.8 Å². The second-order valence-electron chi connectivity index (χ2n) is 5.02. The predicted molar refractivity (Wildman–Crippen MR) is 77.0 cm³/mol. The Morgan fingerprint density at radius 3 is 2.86 bits per heavy atom. The summed E-state index contributed by atoms with van der Waals surface area (Å²) in [6, 6.07) is 5.22. The summed E-state index contributed by atoms with van der Waals surface area (Å²) in [6.45, 7) is 4.79. The van der Waals surface area contributed by atoms with Crippen molar-refractivity contribution in [2.45, 2.75) is 26.8 Å². The number of aliphatic carboxylic acids is 1. The average molecular weight is 290 g/mol. The van der Waals surface area contributed by atoms with E-state index in [4.69, 9.17) is 5.11 Å². The summed E-state index contributed by atoms with van der Waals surface area (Å²) < 4.78 is 1.76. The Morgan fingerprint density at radius 1 is 1.43 bits per heavy atom. The van der Waals surface area contributed by atoms with Gasteiger partial charge < -0.3 is 10.4 Å². The molecule has 1 atom stereocenters. The summed E-state index contributed by atoms with van der Waals surface area (Å²) in [5.41, 5.74) is 2.05. The van der Waals surface area contributed by atoms with Gasteiger partial charge in [-0.05, 0) is 31.0 Å². The lowest BCUT2D eigenvalue weighted by atomic mass is 10.1. The Labute approximate surface area is 121 Å². The molecule has 0 bridgehead atoms. The van der Waals surface area contributed by atoms with E-state index in [0.717, 1.165) is 12.1 Å². The number of nitrogens with one attached hydrogen (secondary N) is 1. The van der Waals surface area contributed by atoms with E-state index >= 15 is 0 Å². The first-order chi connectivity index (χ1) is 10.0. The van der Waals surface area contributed by atoms with Crippen LogP contribution in [0.2, 0.25) is 0 Å². The summed E-state index contributed by atoms with van der Waals surface area (Å²) in [7, 11) is 0. The van der Waals surface area contributed by atoms with Gasteiger partial charge in [0.25, 0.3) is 5.91 Å². The van der Waals surface area contributed by atoms with Crippen molar-refractivity contribution in [2.24, 2.45) is 5.92 Å². The average Bonchev–Trinajstić information content (AvgIpc) is 2.86. The maximum absolute atomic E-state index is 12.0. The van der Waals surface area contributed by atoms with E-state index in [2.05, 4.69) is 15.6 Å². The van der Waals surface area contributed by atoms with Crippen LogP contribution in [0.15, 0.2) is 18.2 Å². The molecule has 0 fully saturated rings. The molecule has 0 aliphatic carbocycles. The molecular weight excluding hydrogens is 272 g/mol. The van der Waals surface area contributed by atoms with Gasteiger partial charge in [-0.3, -0.25) is 9.59 Å². The van der Waals surface area contributed by atoms with Crippen LogP contribution in [0.3, 0.4) is 0 Å². The Kier molecular flexibility index (Phi) is 4.52. The molecule has 1 amide bonds. The third-order valence-corrected chi connectivity index (χ3v) is 3.21. The molecule has 0 saturated carbocycles. The van der Waals surface area contributed by atoms with Gasteiger partial charge in [0.1, 0.15) is 5.52 Å². The highest BCUT2D eigenvalue weighted by Gasteiger charge is 2.12. The minimum atomic E-state index is -0.866. The number of carbonyl (C=O) groups excluding carboxylic acids is 1. The van der Waals surface area contributed by atoms with Gasteiger partial charge >= 0.3 is 5.97 Å². The number of rotatable bonds is 6. The fourth-order valence-electron chi connectivity index (χ4n) is 2.09. The highest BCUT2D eigenvalue weighted by molar-refractivity contribution is 5.97.